The molecule has 6 nitrogen and oxygen atoms in total. The molecule has 0 atom stereocenters. The number of anilines is 1. The van der Waals surface area contributed by atoms with Gasteiger partial charge in [0.25, 0.3) is 11.8 Å². The maximum absolute atomic E-state index is 14.7. The molecule has 0 saturated carbocycles. The first-order chi connectivity index (χ1) is 23.8. The van der Waals surface area contributed by atoms with E-state index >= 15 is 0 Å². The summed E-state index contributed by atoms with van der Waals surface area (Å²) in [5.41, 5.74) is 11.2. The van der Waals surface area contributed by atoms with Crippen LogP contribution in [-0.4, -0.2) is 16.4 Å². The zero-order valence-electron chi connectivity index (χ0n) is 27.1. The topological polar surface area (TPSA) is 89.9 Å². The Bertz CT molecular complexity index is 2490. The predicted molar refractivity (Wildman–Crippen MR) is 193 cm³/mol. The molecule has 49 heavy (non-hydrogen) atoms. The minimum Gasteiger partial charge on any atom is -0.307 e. The predicted octanol–water partition coefficient (Wildman–Crippen LogP) is 9.59. The molecule has 0 unspecified atom stereocenters. The van der Waals surface area contributed by atoms with Crippen LogP contribution in [0, 0.1) is 43.4 Å². The molecule has 0 spiro atoms. The Balaban J connectivity index is 1.48. The van der Waals surface area contributed by atoms with Gasteiger partial charge in [0.1, 0.15) is 0 Å². The van der Waals surface area contributed by atoms with Gasteiger partial charge in [0.15, 0.2) is 0 Å². The Hall–Kier alpha value is -6.76. The largest absolute Gasteiger partial charge is 0.307 e. The second kappa shape index (κ2) is 11.2. The lowest BCUT2D eigenvalue weighted by Gasteiger charge is -2.20. The Kier molecular flexibility index (Phi) is 6.77. The third kappa shape index (κ3) is 4.47. The highest BCUT2D eigenvalue weighted by molar-refractivity contribution is 6.36. The maximum atomic E-state index is 14.7. The highest BCUT2D eigenvalue weighted by atomic mass is 16.2. The van der Waals surface area contributed by atoms with E-state index in [4.69, 9.17) is 0 Å². The van der Waals surface area contributed by atoms with Crippen LogP contribution < -0.4 is 4.90 Å². The van der Waals surface area contributed by atoms with Crippen LogP contribution in [0.15, 0.2) is 115 Å². The Morgan fingerprint density at radius 1 is 0.551 bits per heavy atom. The molecule has 0 N–H and O–H groups in total. The first-order valence-electron chi connectivity index (χ1n) is 16.0. The van der Waals surface area contributed by atoms with Crippen LogP contribution in [0.2, 0.25) is 0 Å². The molecule has 7 aromatic rings. The van der Waals surface area contributed by atoms with E-state index in [1.807, 2.05) is 93.6 Å². The number of carbonyl (C=O) groups is 2. The number of imide groups is 1. The molecular formula is C43H28N4O2. The van der Waals surface area contributed by atoms with Crippen LogP contribution >= 0.6 is 0 Å². The zero-order chi connectivity index (χ0) is 34.0. The Morgan fingerprint density at radius 2 is 1.02 bits per heavy atom. The van der Waals surface area contributed by atoms with Crippen molar-refractivity contribution in [3.8, 4) is 40.1 Å². The van der Waals surface area contributed by atoms with Gasteiger partial charge >= 0.3 is 0 Å². The number of fused-ring (bicyclic) bond motifs is 4. The minimum absolute atomic E-state index is 0.343. The summed E-state index contributed by atoms with van der Waals surface area (Å²) in [4.78, 5) is 30.2. The van der Waals surface area contributed by atoms with E-state index in [0.717, 1.165) is 60.8 Å². The fourth-order valence-electron chi connectivity index (χ4n) is 7.45. The average Bonchev–Trinajstić information content (AvgIpc) is 3.59. The average molecular weight is 633 g/mol. The smallest absolute Gasteiger partial charge is 0.268 e. The highest BCUT2D eigenvalue weighted by Crippen LogP contribution is 2.44. The normalized spacial score (nSPS) is 12.4. The van der Waals surface area contributed by atoms with E-state index in [9.17, 15) is 20.1 Å². The minimum atomic E-state index is -0.368. The van der Waals surface area contributed by atoms with Crippen LogP contribution in [-0.2, 0) is 0 Å². The van der Waals surface area contributed by atoms with Crippen molar-refractivity contribution < 1.29 is 9.59 Å². The van der Waals surface area contributed by atoms with E-state index in [0.29, 0.717) is 33.6 Å². The summed E-state index contributed by atoms with van der Waals surface area (Å²) in [5, 5.41) is 20.9. The monoisotopic (exact) mass is 632 g/mol. The zero-order valence-corrected chi connectivity index (χ0v) is 27.1. The SMILES string of the molecule is Cc1cc(C)c(N2C(=O)c3cccc(-n4c5c(-c6ccc(C#N)cc6)cccc5c5cccc(-c6ccc(C#N)cc6)c54)c3C2=O)c(C)c1. The lowest BCUT2D eigenvalue weighted by Crippen LogP contribution is -2.31. The second-order valence-corrected chi connectivity index (χ2v) is 12.5. The number of benzene rings is 6. The molecule has 6 aromatic carbocycles. The van der Waals surface area contributed by atoms with Gasteiger partial charge in [0, 0.05) is 21.9 Å². The molecule has 8 rings (SSSR count). The number of nitriles is 2. The number of nitrogens with zero attached hydrogens (tertiary/aromatic N) is 4. The number of hydrogen-bond acceptors (Lipinski definition) is 4. The number of aryl methyl sites for hydroxylation is 3. The van der Waals surface area contributed by atoms with E-state index < -0.39 is 0 Å². The summed E-state index contributed by atoms with van der Waals surface area (Å²) in [5.74, 6) is -0.718. The summed E-state index contributed by atoms with van der Waals surface area (Å²) >= 11 is 0. The number of amides is 2. The molecule has 2 heterocycles. The first-order valence-corrected chi connectivity index (χ1v) is 16.0. The molecule has 0 radical (unpaired) electrons. The van der Waals surface area contributed by atoms with Gasteiger partial charge in [-0.3, -0.25) is 9.59 Å². The van der Waals surface area contributed by atoms with Crippen molar-refractivity contribution in [1.29, 1.82) is 10.5 Å². The molecule has 1 aliphatic heterocycles. The standard InChI is InChI=1S/C43H28N4O2/c1-25-21-26(2)39(27(3)22-25)47-42(48)36-11-6-12-37(38(36)43(47)49)46-40-32(30-17-13-28(23-44)14-18-30)7-4-9-34(40)35-10-5-8-33(41(35)46)31-19-15-29(24-45)16-20-31/h4-22H,1-3H3. The molecule has 232 valence electrons. The molecule has 6 heteroatoms. The fraction of sp³-hybridized carbons (Fsp3) is 0.0698. The number of carbonyl (C=O) groups excluding carboxylic acids is 2. The van der Waals surface area contributed by atoms with Crippen LogP contribution in [0.4, 0.5) is 5.69 Å². The summed E-state index contributed by atoms with van der Waals surface area (Å²) in [6, 6.07) is 41.1. The van der Waals surface area contributed by atoms with E-state index in [2.05, 4.69) is 28.8 Å². The van der Waals surface area contributed by atoms with E-state index in [1.165, 1.54) is 4.90 Å². The summed E-state index contributed by atoms with van der Waals surface area (Å²) in [7, 11) is 0. The Labute approximate surface area is 283 Å². The maximum Gasteiger partial charge on any atom is 0.268 e. The lowest BCUT2D eigenvalue weighted by atomic mass is 9.99. The van der Waals surface area contributed by atoms with Crippen molar-refractivity contribution in [1.82, 2.24) is 4.57 Å². The molecule has 0 saturated heterocycles. The van der Waals surface area contributed by atoms with Gasteiger partial charge in [0.2, 0.25) is 0 Å². The number of hydrogen-bond donors (Lipinski definition) is 0. The van der Waals surface area contributed by atoms with Gasteiger partial charge in [-0.05, 0) is 79.4 Å². The lowest BCUT2D eigenvalue weighted by molar-refractivity contribution is 0.0925. The molecule has 1 aromatic heterocycles. The Morgan fingerprint density at radius 3 is 1.51 bits per heavy atom. The highest BCUT2D eigenvalue weighted by Gasteiger charge is 2.40. The summed E-state index contributed by atoms with van der Waals surface area (Å²) in [6.45, 7) is 5.87. The summed E-state index contributed by atoms with van der Waals surface area (Å²) < 4.78 is 2.12. The van der Waals surface area contributed by atoms with Crippen LogP contribution in [0.5, 0.6) is 0 Å². The first kappa shape index (κ1) is 29.6. The number of rotatable bonds is 4. The van der Waals surface area contributed by atoms with Gasteiger partial charge < -0.3 is 4.57 Å². The molecular weight excluding hydrogens is 604 g/mol. The van der Waals surface area contributed by atoms with E-state index in [1.54, 1.807) is 30.3 Å². The third-order valence-corrected chi connectivity index (χ3v) is 9.45. The van der Waals surface area contributed by atoms with Gasteiger partial charge in [-0.15, -0.1) is 0 Å². The van der Waals surface area contributed by atoms with Crippen molar-refractivity contribution in [2.24, 2.45) is 0 Å². The number of aromatic nitrogens is 1. The molecule has 2 amide bonds. The fourth-order valence-corrected chi connectivity index (χ4v) is 7.45. The van der Waals surface area contributed by atoms with Gasteiger partial charge in [0.05, 0.1) is 56.8 Å². The summed E-state index contributed by atoms with van der Waals surface area (Å²) in [6.07, 6.45) is 0. The molecule has 0 fully saturated rings. The van der Waals surface area contributed by atoms with Crippen molar-refractivity contribution in [3.63, 3.8) is 0 Å². The van der Waals surface area contributed by atoms with Crippen molar-refractivity contribution in [2.45, 2.75) is 20.8 Å². The number of para-hydroxylation sites is 2. The van der Waals surface area contributed by atoms with Crippen molar-refractivity contribution in [2.75, 3.05) is 4.90 Å². The van der Waals surface area contributed by atoms with Crippen LogP contribution in [0.25, 0.3) is 49.7 Å². The second-order valence-electron chi connectivity index (χ2n) is 12.5. The van der Waals surface area contributed by atoms with E-state index in [-0.39, 0.29) is 11.8 Å². The van der Waals surface area contributed by atoms with Gasteiger partial charge in [-0.25, -0.2) is 4.90 Å². The van der Waals surface area contributed by atoms with Gasteiger partial charge in [-0.2, -0.15) is 10.5 Å². The molecule has 0 bridgehead atoms. The van der Waals surface area contributed by atoms with Crippen molar-refractivity contribution >= 4 is 39.3 Å². The van der Waals surface area contributed by atoms with Crippen molar-refractivity contribution in [3.05, 3.63) is 154 Å². The van der Waals surface area contributed by atoms with Crippen LogP contribution in [0.3, 0.4) is 0 Å². The van der Waals surface area contributed by atoms with Gasteiger partial charge in [-0.1, -0.05) is 84.4 Å². The molecule has 0 aliphatic carbocycles. The quantitative estimate of drug-likeness (QED) is 0.181. The molecule has 1 aliphatic rings. The third-order valence-electron chi connectivity index (χ3n) is 9.45. The van der Waals surface area contributed by atoms with Crippen LogP contribution in [0.1, 0.15) is 48.5 Å².